The van der Waals surface area contributed by atoms with Crippen molar-refractivity contribution in [3.05, 3.63) is 90.1 Å². The van der Waals surface area contributed by atoms with Crippen LogP contribution in [0.15, 0.2) is 77.6 Å². The van der Waals surface area contributed by atoms with Gasteiger partial charge in [-0.2, -0.15) is 10.1 Å². The van der Waals surface area contributed by atoms with E-state index in [1.807, 2.05) is 65.5 Å². The Labute approximate surface area is 162 Å². The lowest BCUT2D eigenvalue weighted by molar-refractivity contribution is 0.0769. The van der Waals surface area contributed by atoms with E-state index in [-0.39, 0.29) is 12.5 Å². The fraction of sp³-hybridized carbons (Fsp3) is 0.143. The molecule has 0 unspecified atom stereocenters. The van der Waals surface area contributed by atoms with Gasteiger partial charge >= 0.3 is 0 Å². The van der Waals surface area contributed by atoms with Crippen molar-refractivity contribution in [3.63, 3.8) is 0 Å². The molecule has 7 nitrogen and oxygen atoms in total. The van der Waals surface area contributed by atoms with Crippen LogP contribution in [0.4, 0.5) is 0 Å². The third-order valence-corrected chi connectivity index (χ3v) is 4.30. The molecule has 7 heteroatoms. The monoisotopic (exact) mass is 373 g/mol. The second-order valence-electron chi connectivity index (χ2n) is 6.44. The maximum absolute atomic E-state index is 12.8. The SMILES string of the molecule is CN(Cc1nc(-c2ccccc2)no1)C(=O)c1cccc(Cn2cccn2)c1. The molecule has 0 aliphatic rings. The highest BCUT2D eigenvalue weighted by Gasteiger charge is 2.16. The van der Waals surface area contributed by atoms with Gasteiger partial charge in [0.2, 0.25) is 11.7 Å². The first-order valence-corrected chi connectivity index (χ1v) is 8.89. The third kappa shape index (κ3) is 3.98. The Kier molecular flexibility index (Phi) is 4.97. The highest BCUT2D eigenvalue weighted by atomic mass is 16.5. The predicted octanol–water partition coefficient (Wildman–Crippen LogP) is 3.25. The number of aromatic nitrogens is 4. The summed E-state index contributed by atoms with van der Waals surface area (Å²) in [6.45, 7) is 0.851. The molecule has 0 atom stereocenters. The van der Waals surface area contributed by atoms with E-state index in [1.54, 1.807) is 24.2 Å². The van der Waals surface area contributed by atoms with Crippen LogP contribution in [0.2, 0.25) is 0 Å². The summed E-state index contributed by atoms with van der Waals surface area (Å²) in [5.74, 6) is 0.793. The average Bonchev–Trinajstić information content (AvgIpc) is 3.40. The van der Waals surface area contributed by atoms with Gasteiger partial charge in [-0.1, -0.05) is 47.6 Å². The molecule has 140 valence electrons. The lowest BCUT2D eigenvalue weighted by Crippen LogP contribution is -2.26. The number of carbonyl (C=O) groups excluding carboxylic acids is 1. The van der Waals surface area contributed by atoms with Gasteiger partial charge in [0.15, 0.2) is 0 Å². The van der Waals surface area contributed by atoms with Crippen molar-refractivity contribution in [2.75, 3.05) is 7.05 Å². The van der Waals surface area contributed by atoms with Crippen LogP contribution in [0.5, 0.6) is 0 Å². The molecule has 0 bridgehead atoms. The standard InChI is InChI=1S/C21H19N5O2/c1-25(15-19-23-20(24-28-19)17-8-3-2-4-9-17)21(27)18-10-5-7-16(13-18)14-26-12-6-11-22-26/h2-13H,14-15H2,1H3. The minimum atomic E-state index is -0.109. The second-order valence-corrected chi connectivity index (χ2v) is 6.44. The van der Waals surface area contributed by atoms with Crippen molar-refractivity contribution in [1.82, 2.24) is 24.8 Å². The van der Waals surface area contributed by atoms with Gasteiger partial charge in [-0.15, -0.1) is 0 Å². The summed E-state index contributed by atoms with van der Waals surface area (Å²) in [7, 11) is 1.72. The van der Waals surface area contributed by atoms with Crippen LogP contribution in [0.1, 0.15) is 21.8 Å². The summed E-state index contributed by atoms with van der Waals surface area (Å²) in [5, 5.41) is 8.19. The minimum absolute atomic E-state index is 0.109. The summed E-state index contributed by atoms with van der Waals surface area (Å²) in [4.78, 5) is 18.7. The Bertz CT molecular complexity index is 1060. The van der Waals surface area contributed by atoms with Gasteiger partial charge in [-0.25, -0.2) is 0 Å². The Morgan fingerprint density at radius 3 is 2.75 bits per heavy atom. The predicted molar refractivity (Wildman–Crippen MR) is 103 cm³/mol. The largest absolute Gasteiger partial charge is 0.337 e. The first-order valence-electron chi connectivity index (χ1n) is 8.89. The molecule has 2 aromatic heterocycles. The molecule has 0 spiro atoms. The number of hydrogen-bond donors (Lipinski definition) is 0. The molecule has 4 aromatic rings. The van der Waals surface area contributed by atoms with Crippen molar-refractivity contribution in [1.29, 1.82) is 0 Å². The van der Waals surface area contributed by atoms with Crippen LogP contribution in [0.25, 0.3) is 11.4 Å². The number of nitrogens with zero attached hydrogens (tertiary/aromatic N) is 5. The molecule has 0 saturated heterocycles. The van der Waals surface area contributed by atoms with Crippen molar-refractivity contribution in [2.45, 2.75) is 13.1 Å². The molecular formula is C21H19N5O2. The molecule has 0 aliphatic heterocycles. The lowest BCUT2D eigenvalue weighted by Gasteiger charge is -2.15. The van der Waals surface area contributed by atoms with Gasteiger partial charge in [0.05, 0.1) is 13.1 Å². The molecule has 2 heterocycles. The number of amides is 1. The van der Waals surface area contributed by atoms with Gasteiger partial charge in [0, 0.05) is 30.6 Å². The molecule has 0 saturated carbocycles. The highest BCUT2D eigenvalue weighted by molar-refractivity contribution is 5.94. The fourth-order valence-electron chi connectivity index (χ4n) is 2.90. The van der Waals surface area contributed by atoms with Gasteiger partial charge in [-0.3, -0.25) is 9.48 Å². The zero-order chi connectivity index (χ0) is 19.3. The summed E-state index contributed by atoms with van der Waals surface area (Å²) in [6.07, 6.45) is 3.62. The zero-order valence-corrected chi connectivity index (χ0v) is 15.4. The van der Waals surface area contributed by atoms with E-state index in [4.69, 9.17) is 4.52 Å². The van der Waals surface area contributed by atoms with Crippen LogP contribution in [0.3, 0.4) is 0 Å². The summed E-state index contributed by atoms with van der Waals surface area (Å²) in [5.41, 5.74) is 2.49. The van der Waals surface area contributed by atoms with Gasteiger partial charge in [-0.05, 0) is 23.8 Å². The van der Waals surface area contributed by atoms with Crippen molar-refractivity contribution >= 4 is 5.91 Å². The van der Waals surface area contributed by atoms with Crippen LogP contribution >= 0.6 is 0 Å². The van der Waals surface area contributed by atoms with Gasteiger partial charge in [0.25, 0.3) is 5.91 Å². The first kappa shape index (κ1) is 17.7. The van der Waals surface area contributed by atoms with E-state index in [9.17, 15) is 4.79 Å². The van der Waals surface area contributed by atoms with Crippen LogP contribution in [-0.2, 0) is 13.1 Å². The summed E-state index contributed by atoms with van der Waals surface area (Å²) >= 11 is 0. The first-order chi connectivity index (χ1) is 13.7. The number of hydrogen-bond acceptors (Lipinski definition) is 5. The molecule has 4 rings (SSSR count). The summed E-state index contributed by atoms with van der Waals surface area (Å²) < 4.78 is 7.12. The van der Waals surface area contributed by atoms with Crippen LogP contribution < -0.4 is 0 Å². The van der Waals surface area contributed by atoms with E-state index < -0.39 is 0 Å². The Hall–Kier alpha value is -3.74. The smallest absolute Gasteiger partial charge is 0.254 e. The molecular weight excluding hydrogens is 354 g/mol. The maximum atomic E-state index is 12.8. The quantitative estimate of drug-likeness (QED) is 0.518. The maximum Gasteiger partial charge on any atom is 0.254 e. The molecule has 1 amide bonds. The number of benzene rings is 2. The van der Waals surface area contributed by atoms with E-state index >= 15 is 0 Å². The van der Waals surface area contributed by atoms with E-state index in [0.29, 0.717) is 23.8 Å². The van der Waals surface area contributed by atoms with Gasteiger partial charge < -0.3 is 9.42 Å². The normalized spacial score (nSPS) is 10.8. The topological polar surface area (TPSA) is 77.0 Å². The molecule has 0 radical (unpaired) electrons. The zero-order valence-electron chi connectivity index (χ0n) is 15.4. The van der Waals surface area contributed by atoms with E-state index in [0.717, 1.165) is 11.1 Å². The Morgan fingerprint density at radius 2 is 1.96 bits per heavy atom. The van der Waals surface area contributed by atoms with Crippen molar-refractivity contribution in [2.24, 2.45) is 0 Å². The number of carbonyl (C=O) groups is 1. The van der Waals surface area contributed by atoms with Crippen LogP contribution in [-0.4, -0.2) is 37.8 Å². The summed E-state index contributed by atoms with van der Waals surface area (Å²) in [6, 6.07) is 19.0. The molecule has 0 aliphatic carbocycles. The Morgan fingerprint density at radius 1 is 1.11 bits per heavy atom. The number of rotatable bonds is 6. The van der Waals surface area contributed by atoms with E-state index in [1.165, 1.54) is 0 Å². The van der Waals surface area contributed by atoms with Crippen LogP contribution in [0, 0.1) is 0 Å². The minimum Gasteiger partial charge on any atom is -0.337 e. The van der Waals surface area contributed by atoms with Crippen molar-refractivity contribution in [3.8, 4) is 11.4 Å². The molecule has 28 heavy (non-hydrogen) atoms. The van der Waals surface area contributed by atoms with E-state index in [2.05, 4.69) is 15.2 Å². The average molecular weight is 373 g/mol. The third-order valence-electron chi connectivity index (χ3n) is 4.30. The second kappa shape index (κ2) is 7.87. The highest BCUT2D eigenvalue weighted by Crippen LogP contribution is 2.16. The lowest BCUT2D eigenvalue weighted by atomic mass is 10.1. The van der Waals surface area contributed by atoms with Gasteiger partial charge in [0.1, 0.15) is 0 Å². The molecule has 2 aromatic carbocycles. The van der Waals surface area contributed by atoms with Crippen molar-refractivity contribution < 1.29 is 9.32 Å². The molecule has 0 fully saturated rings. The Balaban J connectivity index is 1.44. The molecule has 0 N–H and O–H groups in total. The fourth-order valence-corrected chi connectivity index (χ4v) is 2.90.